The lowest BCUT2D eigenvalue weighted by Gasteiger charge is -2.05. The summed E-state index contributed by atoms with van der Waals surface area (Å²) in [4.78, 5) is 21.6. The summed E-state index contributed by atoms with van der Waals surface area (Å²) in [7, 11) is 0. The largest absolute Gasteiger partial charge is 0.476 e. The normalized spacial score (nSPS) is 10.6. The number of nitrogens with zero attached hydrogens (tertiary/aromatic N) is 3. The van der Waals surface area contributed by atoms with Crippen molar-refractivity contribution in [3.63, 3.8) is 0 Å². The zero-order valence-electron chi connectivity index (χ0n) is 11.2. The standard InChI is InChI=1S/C13H13N3O5/c1-8-10(3-2-4-11(8)16(20)21)15-7-9(5-6-17)12(14-15)13(18)19/h2-4,7,17H,5-6H2,1H3,(H,18,19). The lowest BCUT2D eigenvalue weighted by atomic mass is 10.1. The van der Waals surface area contributed by atoms with Crippen LogP contribution in [0.5, 0.6) is 0 Å². The van der Waals surface area contributed by atoms with Crippen molar-refractivity contribution in [2.45, 2.75) is 13.3 Å². The van der Waals surface area contributed by atoms with Crippen molar-refractivity contribution in [1.29, 1.82) is 0 Å². The molecular formula is C13H13N3O5. The SMILES string of the molecule is Cc1c(-n2cc(CCO)c(C(=O)O)n2)cccc1[N+](=O)[O-]. The van der Waals surface area contributed by atoms with Crippen molar-refractivity contribution < 1.29 is 19.9 Å². The van der Waals surface area contributed by atoms with Crippen LogP contribution >= 0.6 is 0 Å². The predicted octanol–water partition coefficient (Wildman–Crippen LogP) is 1.32. The maximum atomic E-state index is 11.1. The molecule has 0 aliphatic carbocycles. The monoisotopic (exact) mass is 291 g/mol. The fourth-order valence-electron chi connectivity index (χ4n) is 2.07. The molecule has 0 aliphatic rings. The minimum Gasteiger partial charge on any atom is -0.476 e. The third kappa shape index (κ3) is 2.75. The Morgan fingerprint density at radius 1 is 1.48 bits per heavy atom. The van der Waals surface area contributed by atoms with Crippen molar-refractivity contribution in [3.8, 4) is 5.69 Å². The Bertz CT molecular complexity index is 708. The van der Waals surface area contributed by atoms with Gasteiger partial charge in [0.1, 0.15) is 0 Å². The highest BCUT2D eigenvalue weighted by Gasteiger charge is 2.19. The van der Waals surface area contributed by atoms with E-state index in [0.29, 0.717) is 16.8 Å². The smallest absolute Gasteiger partial charge is 0.356 e. The molecule has 1 aromatic carbocycles. The Morgan fingerprint density at radius 3 is 2.76 bits per heavy atom. The van der Waals surface area contributed by atoms with Gasteiger partial charge in [0.2, 0.25) is 0 Å². The molecule has 1 heterocycles. The van der Waals surface area contributed by atoms with E-state index in [1.54, 1.807) is 13.0 Å². The molecule has 0 fully saturated rings. The number of aromatic nitrogens is 2. The van der Waals surface area contributed by atoms with E-state index in [2.05, 4.69) is 5.10 Å². The third-order valence-electron chi connectivity index (χ3n) is 3.09. The van der Waals surface area contributed by atoms with E-state index in [1.807, 2.05) is 0 Å². The van der Waals surface area contributed by atoms with Crippen LogP contribution in [0.25, 0.3) is 5.69 Å². The molecule has 0 saturated heterocycles. The van der Waals surface area contributed by atoms with Gasteiger partial charge in [-0.15, -0.1) is 0 Å². The molecule has 0 spiro atoms. The number of benzene rings is 1. The highest BCUT2D eigenvalue weighted by molar-refractivity contribution is 5.87. The van der Waals surface area contributed by atoms with Crippen LogP contribution in [0.15, 0.2) is 24.4 Å². The lowest BCUT2D eigenvalue weighted by molar-refractivity contribution is -0.385. The van der Waals surface area contributed by atoms with Gasteiger partial charge in [0, 0.05) is 24.4 Å². The molecule has 8 heteroatoms. The van der Waals surface area contributed by atoms with Gasteiger partial charge in [0.25, 0.3) is 5.69 Å². The Balaban J connectivity index is 2.57. The summed E-state index contributed by atoms with van der Waals surface area (Å²) in [6.07, 6.45) is 1.61. The molecule has 0 aliphatic heterocycles. The minimum atomic E-state index is -1.21. The van der Waals surface area contributed by atoms with Gasteiger partial charge < -0.3 is 10.2 Å². The van der Waals surface area contributed by atoms with Crippen LogP contribution < -0.4 is 0 Å². The van der Waals surface area contributed by atoms with E-state index in [0.717, 1.165) is 0 Å². The highest BCUT2D eigenvalue weighted by Crippen LogP contribution is 2.24. The molecule has 1 aromatic heterocycles. The minimum absolute atomic E-state index is 0.0661. The first-order chi connectivity index (χ1) is 9.95. The second kappa shape index (κ2) is 5.71. The van der Waals surface area contributed by atoms with Gasteiger partial charge in [0.15, 0.2) is 5.69 Å². The van der Waals surface area contributed by atoms with Crippen LogP contribution in [0.3, 0.4) is 0 Å². The Morgan fingerprint density at radius 2 is 2.19 bits per heavy atom. The molecule has 21 heavy (non-hydrogen) atoms. The van der Waals surface area contributed by atoms with E-state index >= 15 is 0 Å². The first-order valence-corrected chi connectivity index (χ1v) is 6.12. The number of hydrogen-bond donors (Lipinski definition) is 2. The van der Waals surface area contributed by atoms with Gasteiger partial charge in [-0.3, -0.25) is 10.1 Å². The Hall–Kier alpha value is -2.74. The zero-order valence-corrected chi connectivity index (χ0v) is 11.2. The molecular weight excluding hydrogens is 278 g/mol. The number of hydrogen-bond acceptors (Lipinski definition) is 5. The number of carboxylic acids is 1. The first kappa shape index (κ1) is 14.7. The zero-order chi connectivity index (χ0) is 15.6. The molecule has 8 nitrogen and oxygen atoms in total. The maximum Gasteiger partial charge on any atom is 0.356 e. The molecule has 0 amide bonds. The van der Waals surface area contributed by atoms with Gasteiger partial charge in [-0.2, -0.15) is 5.10 Å². The summed E-state index contributed by atoms with van der Waals surface area (Å²) >= 11 is 0. The number of aliphatic hydroxyl groups is 1. The molecule has 0 unspecified atom stereocenters. The van der Waals surface area contributed by atoms with Gasteiger partial charge in [-0.25, -0.2) is 9.48 Å². The second-order valence-electron chi connectivity index (χ2n) is 4.40. The predicted molar refractivity (Wildman–Crippen MR) is 72.7 cm³/mol. The van der Waals surface area contributed by atoms with E-state index in [1.165, 1.54) is 23.0 Å². The first-order valence-electron chi connectivity index (χ1n) is 6.12. The van der Waals surface area contributed by atoms with Crippen LogP contribution in [0.2, 0.25) is 0 Å². The molecule has 0 radical (unpaired) electrons. The Kier molecular flexibility index (Phi) is 3.99. The fourth-order valence-corrected chi connectivity index (χ4v) is 2.07. The van der Waals surface area contributed by atoms with E-state index in [-0.39, 0.29) is 24.4 Å². The van der Waals surface area contributed by atoms with E-state index in [4.69, 9.17) is 10.2 Å². The highest BCUT2D eigenvalue weighted by atomic mass is 16.6. The Labute approximate surface area is 119 Å². The number of aliphatic hydroxyl groups excluding tert-OH is 1. The maximum absolute atomic E-state index is 11.1. The van der Waals surface area contributed by atoms with Crippen LogP contribution in [0.4, 0.5) is 5.69 Å². The molecule has 0 atom stereocenters. The van der Waals surface area contributed by atoms with Crippen molar-refractivity contribution in [2.75, 3.05) is 6.61 Å². The molecule has 2 aromatic rings. The summed E-state index contributed by atoms with van der Waals surface area (Å²) in [6, 6.07) is 4.49. The van der Waals surface area contributed by atoms with Gasteiger partial charge in [-0.05, 0) is 19.4 Å². The number of carbonyl (C=O) groups is 1. The molecule has 0 bridgehead atoms. The van der Waals surface area contributed by atoms with E-state index < -0.39 is 10.9 Å². The average Bonchev–Trinajstić information content (AvgIpc) is 2.83. The summed E-state index contributed by atoms with van der Waals surface area (Å²) < 4.78 is 1.29. The van der Waals surface area contributed by atoms with Crippen molar-refractivity contribution in [3.05, 3.63) is 51.3 Å². The number of rotatable bonds is 5. The summed E-state index contributed by atoms with van der Waals surface area (Å²) in [5, 5.41) is 32.9. The summed E-state index contributed by atoms with van der Waals surface area (Å²) in [5.74, 6) is -1.21. The van der Waals surface area contributed by atoms with Crippen molar-refractivity contribution in [2.24, 2.45) is 0 Å². The van der Waals surface area contributed by atoms with Crippen molar-refractivity contribution >= 4 is 11.7 Å². The number of aromatic carboxylic acids is 1. The molecule has 2 rings (SSSR count). The van der Waals surface area contributed by atoms with Crippen molar-refractivity contribution in [1.82, 2.24) is 9.78 Å². The van der Waals surface area contributed by atoms with Crippen LogP contribution in [0.1, 0.15) is 21.6 Å². The lowest BCUT2D eigenvalue weighted by Crippen LogP contribution is -2.05. The summed E-state index contributed by atoms with van der Waals surface area (Å²) in [5.41, 5.74) is 0.947. The topological polar surface area (TPSA) is 118 Å². The molecule has 2 N–H and O–H groups in total. The number of carboxylic acid groups (broad SMARTS) is 1. The van der Waals surface area contributed by atoms with Crippen LogP contribution in [-0.4, -0.2) is 37.5 Å². The fraction of sp³-hybridized carbons (Fsp3) is 0.231. The third-order valence-corrected chi connectivity index (χ3v) is 3.09. The van der Waals surface area contributed by atoms with Gasteiger partial charge in [0.05, 0.1) is 16.2 Å². The molecule has 0 saturated carbocycles. The second-order valence-corrected chi connectivity index (χ2v) is 4.40. The van der Waals surface area contributed by atoms with Crippen LogP contribution in [-0.2, 0) is 6.42 Å². The molecule has 110 valence electrons. The van der Waals surface area contributed by atoms with Gasteiger partial charge >= 0.3 is 5.97 Å². The summed E-state index contributed by atoms with van der Waals surface area (Å²) in [6.45, 7) is 1.36. The number of nitro groups is 1. The van der Waals surface area contributed by atoms with Gasteiger partial charge in [-0.1, -0.05) is 6.07 Å². The van der Waals surface area contributed by atoms with E-state index in [9.17, 15) is 14.9 Å². The number of nitro benzene ring substituents is 1. The average molecular weight is 291 g/mol. The van der Waals surface area contributed by atoms with Crippen LogP contribution in [0, 0.1) is 17.0 Å². The quantitative estimate of drug-likeness (QED) is 0.633.